The zero-order chi connectivity index (χ0) is 15.6. The van der Waals surface area contributed by atoms with Gasteiger partial charge in [0, 0.05) is 44.6 Å². The Morgan fingerprint density at radius 3 is 2.76 bits per heavy atom. The Balaban J connectivity index is 1.99. The molecule has 21 heavy (non-hydrogen) atoms. The summed E-state index contributed by atoms with van der Waals surface area (Å²) in [6, 6.07) is 0.345. The molecule has 1 heterocycles. The molecule has 2 rings (SSSR count). The van der Waals surface area contributed by atoms with E-state index in [-0.39, 0.29) is 17.9 Å². The Hall–Kier alpha value is -1.30. The van der Waals surface area contributed by atoms with Gasteiger partial charge in [0.15, 0.2) is 5.96 Å². The number of guanidine groups is 1. The van der Waals surface area contributed by atoms with E-state index in [0.717, 1.165) is 25.5 Å². The van der Waals surface area contributed by atoms with Crippen molar-refractivity contribution in [3.8, 4) is 0 Å². The monoisotopic (exact) mass is 296 g/mol. The molecule has 0 aromatic carbocycles. The fourth-order valence-electron chi connectivity index (χ4n) is 3.37. The molecule has 6 nitrogen and oxygen atoms in total. The number of nitrogens with zero attached hydrogens (tertiary/aromatic N) is 2. The largest absolute Gasteiger partial charge is 0.377 e. The third-order valence-corrected chi connectivity index (χ3v) is 4.61. The van der Waals surface area contributed by atoms with E-state index in [1.54, 1.807) is 19.0 Å². The number of hydrogen-bond acceptors (Lipinski definition) is 3. The van der Waals surface area contributed by atoms with Gasteiger partial charge in [-0.2, -0.15) is 0 Å². The zero-order valence-corrected chi connectivity index (χ0v) is 13.8. The van der Waals surface area contributed by atoms with Crippen molar-refractivity contribution >= 4 is 11.9 Å². The van der Waals surface area contributed by atoms with Gasteiger partial charge in [-0.3, -0.25) is 4.79 Å². The molecule has 1 saturated carbocycles. The van der Waals surface area contributed by atoms with Crippen molar-refractivity contribution in [2.45, 2.75) is 39.3 Å². The smallest absolute Gasteiger partial charge is 0.243 e. The molecule has 1 amide bonds. The van der Waals surface area contributed by atoms with E-state index in [9.17, 15) is 4.79 Å². The third kappa shape index (κ3) is 3.15. The Bertz CT molecular complexity index is 420. The molecule has 1 aliphatic heterocycles. The van der Waals surface area contributed by atoms with Crippen LogP contribution in [0.25, 0.3) is 0 Å². The van der Waals surface area contributed by atoms with Crippen molar-refractivity contribution < 1.29 is 9.53 Å². The molecule has 2 fully saturated rings. The van der Waals surface area contributed by atoms with Gasteiger partial charge in [0.2, 0.25) is 5.91 Å². The zero-order valence-electron chi connectivity index (χ0n) is 13.8. The lowest BCUT2D eigenvalue weighted by atomic mass is 9.57. The van der Waals surface area contributed by atoms with Crippen LogP contribution >= 0.6 is 0 Å². The van der Waals surface area contributed by atoms with Crippen LogP contribution in [0, 0.1) is 11.3 Å². The molecule has 2 N–H and O–H groups in total. The molecule has 0 radical (unpaired) electrons. The van der Waals surface area contributed by atoms with E-state index in [0.29, 0.717) is 18.1 Å². The molecule has 3 atom stereocenters. The SMILES string of the molecule is CCNC(=NCC(=O)N(C)C)NC1C2CCOC2C1(C)C. The van der Waals surface area contributed by atoms with Crippen LogP contribution in [0.5, 0.6) is 0 Å². The molecule has 0 spiro atoms. The third-order valence-electron chi connectivity index (χ3n) is 4.61. The fraction of sp³-hybridized carbons (Fsp3) is 0.867. The molecule has 1 saturated heterocycles. The second kappa shape index (κ2) is 6.22. The minimum absolute atomic E-state index is 0.00199. The van der Waals surface area contributed by atoms with Gasteiger partial charge < -0.3 is 20.3 Å². The highest BCUT2D eigenvalue weighted by Gasteiger charge is 2.59. The van der Waals surface area contributed by atoms with Gasteiger partial charge in [0.05, 0.1) is 6.10 Å². The number of likely N-dealkylation sites (N-methyl/N-ethyl adjacent to an activating group) is 1. The van der Waals surface area contributed by atoms with Crippen molar-refractivity contribution in [2.75, 3.05) is 33.8 Å². The number of carbonyl (C=O) groups is 1. The van der Waals surface area contributed by atoms with Gasteiger partial charge in [0.25, 0.3) is 0 Å². The summed E-state index contributed by atoms with van der Waals surface area (Å²) in [5.41, 5.74) is 0.100. The van der Waals surface area contributed by atoms with Crippen molar-refractivity contribution in [1.82, 2.24) is 15.5 Å². The average Bonchev–Trinajstić information content (AvgIpc) is 2.88. The predicted molar refractivity (Wildman–Crippen MR) is 83.2 cm³/mol. The Labute approximate surface area is 127 Å². The maximum absolute atomic E-state index is 11.7. The number of fused-ring (bicyclic) bond motifs is 1. The number of rotatable bonds is 4. The topological polar surface area (TPSA) is 66.0 Å². The fourth-order valence-corrected chi connectivity index (χ4v) is 3.37. The Morgan fingerprint density at radius 2 is 2.14 bits per heavy atom. The second-order valence-corrected chi connectivity index (χ2v) is 6.67. The molecular formula is C15H28N4O2. The number of aliphatic imine (C=N–C) groups is 1. The standard InChI is InChI=1S/C15H28N4O2/c1-6-16-14(17-9-11(20)19(4)5)18-12-10-7-8-21-13(10)15(12,2)3/h10,12-13H,6-9H2,1-5H3,(H2,16,17,18). The lowest BCUT2D eigenvalue weighted by Gasteiger charge is -2.54. The first kappa shape index (κ1) is 16.1. The molecule has 0 aromatic rings. The molecule has 6 heteroatoms. The Morgan fingerprint density at radius 1 is 1.43 bits per heavy atom. The minimum atomic E-state index is 0.00199. The van der Waals surface area contributed by atoms with Crippen molar-refractivity contribution in [3.05, 3.63) is 0 Å². The van der Waals surface area contributed by atoms with Crippen molar-refractivity contribution in [3.63, 3.8) is 0 Å². The number of ether oxygens (including phenoxy) is 1. The average molecular weight is 296 g/mol. The number of carbonyl (C=O) groups excluding carboxylic acids is 1. The van der Waals surface area contributed by atoms with Gasteiger partial charge in [-0.15, -0.1) is 0 Å². The van der Waals surface area contributed by atoms with Gasteiger partial charge in [-0.05, 0) is 13.3 Å². The van der Waals surface area contributed by atoms with Crippen LogP contribution in [0.15, 0.2) is 4.99 Å². The lowest BCUT2D eigenvalue weighted by Crippen LogP contribution is -2.68. The summed E-state index contributed by atoms with van der Waals surface area (Å²) in [6.07, 6.45) is 1.45. The summed E-state index contributed by atoms with van der Waals surface area (Å²) < 4.78 is 5.81. The van der Waals surface area contributed by atoms with Gasteiger partial charge in [0.1, 0.15) is 6.54 Å². The highest BCUT2D eigenvalue weighted by molar-refractivity contribution is 5.85. The highest BCUT2D eigenvalue weighted by atomic mass is 16.5. The van der Waals surface area contributed by atoms with Crippen molar-refractivity contribution in [2.24, 2.45) is 16.3 Å². The minimum Gasteiger partial charge on any atom is -0.377 e. The summed E-state index contributed by atoms with van der Waals surface area (Å²) in [6.45, 7) is 8.28. The second-order valence-electron chi connectivity index (χ2n) is 6.67. The van der Waals surface area contributed by atoms with Crippen LogP contribution in [0.1, 0.15) is 27.2 Å². The maximum Gasteiger partial charge on any atom is 0.243 e. The van der Waals surface area contributed by atoms with Crippen LogP contribution in [-0.4, -0.2) is 62.7 Å². The van der Waals surface area contributed by atoms with Crippen molar-refractivity contribution in [1.29, 1.82) is 0 Å². The number of nitrogens with one attached hydrogen (secondary N) is 2. The van der Waals surface area contributed by atoms with Gasteiger partial charge >= 0.3 is 0 Å². The van der Waals surface area contributed by atoms with Crippen LogP contribution in [0.4, 0.5) is 0 Å². The molecule has 0 bridgehead atoms. The van der Waals surface area contributed by atoms with Crippen LogP contribution in [-0.2, 0) is 9.53 Å². The van der Waals surface area contributed by atoms with E-state index in [1.807, 2.05) is 6.92 Å². The summed E-state index contributed by atoms with van der Waals surface area (Å²) in [5, 5.41) is 6.72. The van der Waals surface area contributed by atoms with Crippen LogP contribution < -0.4 is 10.6 Å². The summed E-state index contributed by atoms with van der Waals surface area (Å²) in [4.78, 5) is 17.6. The molecule has 1 aliphatic carbocycles. The first-order valence-electron chi connectivity index (χ1n) is 7.74. The lowest BCUT2D eigenvalue weighted by molar-refractivity contribution is -0.127. The summed E-state index contributed by atoms with van der Waals surface area (Å²) >= 11 is 0. The highest BCUT2D eigenvalue weighted by Crippen LogP contribution is 2.51. The molecule has 3 unspecified atom stereocenters. The van der Waals surface area contributed by atoms with Gasteiger partial charge in [-0.25, -0.2) is 4.99 Å². The normalized spacial score (nSPS) is 30.3. The van der Waals surface area contributed by atoms with E-state index < -0.39 is 0 Å². The van der Waals surface area contributed by atoms with E-state index in [4.69, 9.17) is 4.74 Å². The predicted octanol–water partition coefficient (Wildman–Crippen LogP) is 0.443. The number of amides is 1. The quantitative estimate of drug-likeness (QED) is 0.584. The van der Waals surface area contributed by atoms with E-state index in [2.05, 4.69) is 29.5 Å². The molecule has 2 aliphatic rings. The van der Waals surface area contributed by atoms with Crippen LogP contribution in [0.2, 0.25) is 0 Å². The Kier molecular flexibility index (Phi) is 4.76. The molecular weight excluding hydrogens is 268 g/mol. The number of hydrogen-bond donors (Lipinski definition) is 2. The first-order chi connectivity index (χ1) is 9.87. The maximum atomic E-state index is 11.7. The van der Waals surface area contributed by atoms with E-state index >= 15 is 0 Å². The summed E-state index contributed by atoms with van der Waals surface area (Å²) in [5.74, 6) is 1.27. The first-order valence-corrected chi connectivity index (χ1v) is 7.74. The molecule has 120 valence electrons. The van der Waals surface area contributed by atoms with E-state index in [1.165, 1.54) is 0 Å². The molecule has 0 aromatic heterocycles. The van der Waals surface area contributed by atoms with Crippen LogP contribution in [0.3, 0.4) is 0 Å². The van der Waals surface area contributed by atoms with Gasteiger partial charge in [-0.1, -0.05) is 13.8 Å². The summed E-state index contributed by atoms with van der Waals surface area (Å²) in [7, 11) is 3.49.